The molecule has 0 unspecified atom stereocenters. The molecule has 1 amide bonds. The maximum absolute atomic E-state index is 12.0. The van der Waals surface area contributed by atoms with Crippen LogP contribution in [0.25, 0.3) is 10.9 Å². The highest BCUT2D eigenvalue weighted by Crippen LogP contribution is 2.18. The Morgan fingerprint density at radius 2 is 2.05 bits per heavy atom. The number of nitrogen functional groups attached to an aromatic ring is 1. The molecule has 0 radical (unpaired) electrons. The maximum atomic E-state index is 12.0. The Bertz CT molecular complexity index is 633. The zero-order chi connectivity index (χ0) is 13.9. The number of hydrogen-bond acceptors (Lipinski definition) is 3. The van der Waals surface area contributed by atoms with E-state index >= 15 is 0 Å². The monoisotopic (exact) mass is 269 g/mol. The first-order valence-electron chi connectivity index (χ1n) is 7.15. The van der Waals surface area contributed by atoms with Gasteiger partial charge in [-0.3, -0.25) is 9.78 Å². The number of amides is 1. The van der Waals surface area contributed by atoms with Gasteiger partial charge in [0.05, 0.1) is 17.6 Å². The summed E-state index contributed by atoms with van der Waals surface area (Å²) in [6.07, 6.45) is 5.00. The van der Waals surface area contributed by atoms with Gasteiger partial charge in [0.2, 0.25) is 5.91 Å². The zero-order valence-corrected chi connectivity index (χ0v) is 11.4. The second kappa shape index (κ2) is 5.49. The molecule has 0 bridgehead atoms. The number of fused-ring (bicyclic) bond motifs is 1. The lowest BCUT2D eigenvalue weighted by atomic mass is 10.1. The van der Waals surface area contributed by atoms with Gasteiger partial charge in [0, 0.05) is 17.1 Å². The van der Waals surface area contributed by atoms with E-state index in [0.29, 0.717) is 12.5 Å². The van der Waals surface area contributed by atoms with Crippen LogP contribution in [0, 0.1) is 0 Å². The van der Waals surface area contributed by atoms with Crippen molar-refractivity contribution < 1.29 is 4.79 Å². The Morgan fingerprint density at radius 1 is 1.25 bits per heavy atom. The molecule has 1 heterocycles. The molecule has 4 heteroatoms. The van der Waals surface area contributed by atoms with Crippen molar-refractivity contribution in [3.05, 3.63) is 36.0 Å². The minimum absolute atomic E-state index is 0.0687. The maximum Gasteiger partial charge on any atom is 0.226 e. The molecule has 2 aromatic rings. The Morgan fingerprint density at radius 3 is 2.85 bits per heavy atom. The fourth-order valence-electron chi connectivity index (χ4n) is 2.80. The lowest BCUT2D eigenvalue weighted by molar-refractivity contribution is -0.121. The van der Waals surface area contributed by atoms with E-state index in [2.05, 4.69) is 10.3 Å². The molecule has 4 nitrogen and oxygen atoms in total. The van der Waals surface area contributed by atoms with Crippen LogP contribution in [0.4, 0.5) is 5.69 Å². The van der Waals surface area contributed by atoms with Gasteiger partial charge >= 0.3 is 0 Å². The zero-order valence-electron chi connectivity index (χ0n) is 11.4. The topological polar surface area (TPSA) is 68.0 Å². The molecule has 1 aliphatic rings. The van der Waals surface area contributed by atoms with E-state index in [9.17, 15) is 4.79 Å². The van der Waals surface area contributed by atoms with Crippen molar-refractivity contribution in [3.63, 3.8) is 0 Å². The first kappa shape index (κ1) is 12.9. The summed E-state index contributed by atoms with van der Waals surface area (Å²) < 4.78 is 0. The quantitative estimate of drug-likeness (QED) is 0.841. The Balaban J connectivity index is 1.70. The van der Waals surface area contributed by atoms with Gasteiger partial charge in [-0.15, -0.1) is 0 Å². The molecule has 1 aromatic heterocycles. The van der Waals surface area contributed by atoms with Crippen molar-refractivity contribution in [2.75, 3.05) is 5.73 Å². The van der Waals surface area contributed by atoms with Gasteiger partial charge in [0.25, 0.3) is 0 Å². The highest BCUT2D eigenvalue weighted by atomic mass is 16.1. The van der Waals surface area contributed by atoms with E-state index in [0.717, 1.165) is 35.1 Å². The van der Waals surface area contributed by atoms with Crippen LogP contribution in [0.2, 0.25) is 0 Å². The SMILES string of the molecule is Nc1ccc2nc(CC(=O)NC3CCCC3)ccc2c1. The molecular weight excluding hydrogens is 250 g/mol. The second-order valence-corrected chi connectivity index (χ2v) is 5.48. The third kappa shape index (κ3) is 2.90. The van der Waals surface area contributed by atoms with Gasteiger partial charge in [-0.05, 0) is 37.1 Å². The molecule has 20 heavy (non-hydrogen) atoms. The largest absolute Gasteiger partial charge is 0.399 e. The summed E-state index contributed by atoms with van der Waals surface area (Å²) in [7, 11) is 0. The van der Waals surface area contributed by atoms with Crippen LogP contribution in [-0.4, -0.2) is 16.9 Å². The van der Waals surface area contributed by atoms with Crippen molar-refractivity contribution in [2.24, 2.45) is 0 Å². The molecule has 3 N–H and O–H groups in total. The van der Waals surface area contributed by atoms with Crippen molar-refractivity contribution in [3.8, 4) is 0 Å². The normalized spacial score (nSPS) is 15.6. The molecule has 104 valence electrons. The van der Waals surface area contributed by atoms with E-state index in [1.807, 2.05) is 30.3 Å². The van der Waals surface area contributed by atoms with Gasteiger partial charge in [0.15, 0.2) is 0 Å². The van der Waals surface area contributed by atoms with Crippen molar-refractivity contribution in [1.29, 1.82) is 0 Å². The van der Waals surface area contributed by atoms with Crippen LogP contribution in [-0.2, 0) is 11.2 Å². The molecule has 3 rings (SSSR count). The fourth-order valence-corrected chi connectivity index (χ4v) is 2.80. The number of carbonyl (C=O) groups is 1. The standard InChI is InChI=1S/C16H19N3O/c17-12-6-8-15-11(9-12)5-7-14(18-15)10-16(20)19-13-3-1-2-4-13/h5-9,13H,1-4,10,17H2,(H,19,20). The third-order valence-electron chi connectivity index (χ3n) is 3.83. The molecule has 1 saturated carbocycles. The summed E-state index contributed by atoms with van der Waals surface area (Å²) in [5.41, 5.74) is 8.15. The molecule has 1 fully saturated rings. The average Bonchev–Trinajstić information content (AvgIpc) is 2.91. The smallest absolute Gasteiger partial charge is 0.226 e. The second-order valence-electron chi connectivity index (χ2n) is 5.48. The lowest BCUT2D eigenvalue weighted by Gasteiger charge is -2.11. The number of nitrogens with zero attached hydrogens (tertiary/aromatic N) is 1. The van der Waals surface area contributed by atoms with Crippen LogP contribution >= 0.6 is 0 Å². The van der Waals surface area contributed by atoms with Crippen LogP contribution in [0.3, 0.4) is 0 Å². The predicted molar refractivity (Wildman–Crippen MR) is 80.3 cm³/mol. The first-order chi connectivity index (χ1) is 9.70. The summed E-state index contributed by atoms with van der Waals surface area (Å²) in [5.74, 6) is 0.0687. The van der Waals surface area contributed by atoms with Crippen LogP contribution in [0.1, 0.15) is 31.4 Å². The lowest BCUT2D eigenvalue weighted by Crippen LogP contribution is -2.33. The molecule has 0 atom stereocenters. The fraction of sp³-hybridized carbons (Fsp3) is 0.375. The molecule has 1 aromatic carbocycles. The number of aromatic nitrogens is 1. The number of anilines is 1. The van der Waals surface area contributed by atoms with Gasteiger partial charge in [-0.25, -0.2) is 0 Å². The summed E-state index contributed by atoms with van der Waals surface area (Å²) in [6, 6.07) is 9.85. The Kier molecular flexibility index (Phi) is 3.54. The van der Waals surface area contributed by atoms with Crippen LogP contribution < -0.4 is 11.1 Å². The molecule has 1 aliphatic carbocycles. The number of hydrogen-bond donors (Lipinski definition) is 2. The van der Waals surface area contributed by atoms with E-state index < -0.39 is 0 Å². The van der Waals surface area contributed by atoms with E-state index in [-0.39, 0.29) is 5.91 Å². The van der Waals surface area contributed by atoms with E-state index in [1.165, 1.54) is 12.8 Å². The Hall–Kier alpha value is -2.10. The van der Waals surface area contributed by atoms with E-state index in [4.69, 9.17) is 5.73 Å². The third-order valence-corrected chi connectivity index (χ3v) is 3.83. The molecular formula is C16H19N3O. The minimum atomic E-state index is 0.0687. The van der Waals surface area contributed by atoms with Gasteiger partial charge in [0.1, 0.15) is 0 Å². The number of carbonyl (C=O) groups excluding carboxylic acids is 1. The summed E-state index contributed by atoms with van der Waals surface area (Å²) in [6.45, 7) is 0. The van der Waals surface area contributed by atoms with Gasteiger partial charge in [-0.2, -0.15) is 0 Å². The number of nitrogens with two attached hydrogens (primary N) is 1. The summed E-state index contributed by atoms with van der Waals surface area (Å²) >= 11 is 0. The minimum Gasteiger partial charge on any atom is -0.399 e. The predicted octanol–water partition coefficient (Wildman–Crippen LogP) is 2.42. The molecule has 0 spiro atoms. The molecule has 0 aliphatic heterocycles. The van der Waals surface area contributed by atoms with Crippen molar-refractivity contribution in [2.45, 2.75) is 38.1 Å². The van der Waals surface area contributed by atoms with Crippen molar-refractivity contribution >= 4 is 22.5 Å². The van der Waals surface area contributed by atoms with Crippen LogP contribution in [0.5, 0.6) is 0 Å². The number of nitrogens with one attached hydrogen (secondary N) is 1. The molecule has 0 saturated heterocycles. The van der Waals surface area contributed by atoms with Crippen molar-refractivity contribution in [1.82, 2.24) is 10.3 Å². The van der Waals surface area contributed by atoms with Gasteiger partial charge in [-0.1, -0.05) is 18.9 Å². The van der Waals surface area contributed by atoms with Crippen LogP contribution in [0.15, 0.2) is 30.3 Å². The number of rotatable bonds is 3. The highest BCUT2D eigenvalue weighted by molar-refractivity contribution is 5.83. The summed E-state index contributed by atoms with van der Waals surface area (Å²) in [4.78, 5) is 16.5. The number of pyridine rings is 1. The Labute approximate surface area is 118 Å². The van der Waals surface area contributed by atoms with E-state index in [1.54, 1.807) is 0 Å². The highest BCUT2D eigenvalue weighted by Gasteiger charge is 2.17. The average molecular weight is 269 g/mol. The van der Waals surface area contributed by atoms with Gasteiger partial charge < -0.3 is 11.1 Å². The summed E-state index contributed by atoms with van der Waals surface area (Å²) in [5, 5.41) is 4.09. The first-order valence-corrected chi connectivity index (χ1v) is 7.15. The number of benzene rings is 1.